The summed E-state index contributed by atoms with van der Waals surface area (Å²) in [7, 11) is 0. The van der Waals surface area contributed by atoms with Gasteiger partial charge in [0.15, 0.2) is 0 Å². The van der Waals surface area contributed by atoms with Crippen molar-refractivity contribution in [1.82, 2.24) is 4.98 Å². The molecule has 0 aliphatic rings. The van der Waals surface area contributed by atoms with Crippen LogP contribution in [0.25, 0.3) is 109 Å². The minimum Gasteiger partial charge on any atom is -0.354 e. The summed E-state index contributed by atoms with van der Waals surface area (Å²) in [5.74, 6) is 0. The summed E-state index contributed by atoms with van der Waals surface area (Å²) in [6.07, 6.45) is 0. The normalized spacial score (nSPS) is 11.6. The van der Waals surface area contributed by atoms with E-state index in [0.29, 0.717) is 0 Å². The lowest BCUT2D eigenvalue weighted by Crippen LogP contribution is -2.11. The smallest absolute Gasteiger partial charge is 0.0546 e. The monoisotopic (exact) mass is 838 g/mol. The molecule has 0 fully saturated rings. The molecule has 0 saturated heterocycles. The van der Waals surface area contributed by atoms with Crippen LogP contribution >= 0.6 is 0 Å². The van der Waals surface area contributed by atoms with Crippen LogP contribution < -0.4 is 4.90 Å². The van der Waals surface area contributed by atoms with Crippen molar-refractivity contribution in [3.63, 3.8) is 0 Å². The molecule has 1 aromatic heterocycles. The summed E-state index contributed by atoms with van der Waals surface area (Å²) in [5.41, 5.74) is 15.2. The van der Waals surface area contributed by atoms with Crippen molar-refractivity contribution in [2.24, 2.45) is 0 Å². The molecule has 13 aromatic rings. The number of fused-ring (bicyclic) bond motifs is 9. The van der Waals surface area contributed by atoms with E-state index in [0.717, 1.165) is 33.7 Å². The Labute approximate surface area is 383 Å². The molecule has 0 saturated carbocycles. The highest BCUT2D eigenvalue weighted by atomic mass is 15.1. The fourth-order valence-corrected chi connectivity index (χ4v) is 10.6. The number of hydrogen-bond acceptors (Lipinski definition) is 1. The molecule has 0 bridgehead atoms. The third kappa shape index (κ3) is 6.18. The van der Waals surface area contributed by atoms with Crippen LogP contribution in [0.3, 0.4) is 0 Å². The number of anilines is 3. The molecule has 66 heavy (non-hydrogen) atoms. The molecule has 1 heterocycles. The highest BCUT2D eigenvalue weighted by Gasteiger charge is 2.21. The number of hydrogen-bond donors (Lipinski definition) is 1. The number of aromatic amines is 1. The van der Waals surface area contributed by atoms with E-state index >= 15 is 0 Å². The van der Waals surface area contributed by atoms with Gasteiger partial charge in [-0.05, 0) is 119 Å². The molecular weight excluding hydrogens is 797 g/mol. The second kappa shape index (κ2) is 15.5. The van der Waals surface area contributed by atoms with Crippen molar-refractivity contribution in [1.29, 1.82) is 0 Å². The third-order valence-electron chi connectivity index (χ3n) is 13.6. The first kappa shape index (κ1) is 37.8. The summed E-state index contributed by atoms with van der Waals surface area (Å²) in [4.78, 5) is 6.17. The molecule has 0 aliphatic heterocycles. The largest absolute Gasteiger partial charge is 0.354 e. The predicted molar refractivity (Wildman–Crippen MR) is 282 cm³/mol. The lowest BCUT2D eigenvalue weighted by molar-refractivity contribution is 1.30. The van der Waals surface area contributed by atoms with Gasteiger partial charge >= 0.3 is 0 Å². The Morgan fingerprint density at radius 2 is 0.803 bits per heavy atom. The fraction of sp³-hybridized carbons (Fsp3) is 0. The van der Waals surface area contributed by atoms with Crippen molar-refractivity contribution in [3.05, 3.63) is 249 Å². The second-order valence-electron chi connectivity index (χ2n) is 17.3. The average Bonchev–Trinajstić information content (AvgIpc) is 3.78. The van der Waals surface area contributed by atoms with Crippen molar-refractivity contribution < 1.29 is 0 Å². The van der Waals surface area contributed by atoms with E-state index in [-0.39, 0.29) is 0 Å². The van der Waals surface area contributed by atoms with Crippen LogP contribution in [0.4, 0.5) is 17.1 Å². The fourth-order valence-electron chi connectivity index (χ4n) is 10.6. The average molecular weight is 839 g/mol. The van der Waals surface area contributed by atoms with E-state index in [2.05, 4.69) is 259 Å². The third-order valence-corrected chi connectivity index (χ3v) is 13.6. The van der Waals surface area contributed by atoms with Crippen molar-refractivity contribution in [2.45, 2.75) is 0 Å². The number of para-hydroxylation sites is 2. The summed E-state index contributed by atoms with van der Waals surface area (Å²) < 4.78 is 0. The SMILES string of the molecule is c1ccc(-c2c(-c3ccccc3)c3cc(-c4cccc(N(c5ccc(-c6cccc7c6[nH]c6ccccc67)cc5)c5cc6ccccc6c6ccccc56)c4)ccc3c3ccccc23)cc1. The zero-order chi connectivity index (χ0) is 43.6. The minimum absolute atomic E-state index is 1.09. The molecule has 1 N–H and O–H groups in total. The second-order valence-corrected chi connectivity index (χ2v) is 17.3. The van der Waals surface area contributed by atoms with Gasteiger partial charge in [0.2, 0.25) is 0 Å². The lowest BCUT2D eigenvalue weighted by atomic mass is 9.84. The maximum Gasteiger partial charge on any atom is 0.0546 e. The number of rotatable bonds is 7. The highest BCUT2D eigenvalue weighted by molar-refractivity contribution is 6.22. The van der Waals surface area contributed by atoms with Crippen LogP contribution in [0.1, 0.15) is 0 Å². The molecule has 0 unspecified atom stereocenters. The predicted octanol–water partition coefficient (Wildman–Crippen LogP) is 18.1. The summed E-state index contributed by atoms with van der Waals surface area (Å²) in [6.45, 7) is 0. The molecular formula is C64H42N2. The van der Waals surface area contributed by atoms with Crippen molar-refractivity contribution in [3.8, 4) is 44.5 Å². The van der Waals surface area contributed by atoms with Gasteiger partial charge in [0.05, 0.1) is 11.2 Å². The van der Waals surface area contributed by atoms with Crippen LogP contribution in [-0.4, -0.2) is 4.98 Å². The standard InChI is InChI=1S/C64H42N2/c1-3-17-43(18-4-1)62-57-29-12-10-26-53(57)54-38-35-46(40-59(54)63(62)44-19-5-2-6-20-44)45-22-15-23-49(39-45)66(61-41-47-21-7-8-24-50(47)52-25-9-11-28-56(52)61)48-36-33-42(34-37-48)51-30-16-31-58-55-27-13-14-32-60(55)65-64(51)58/h1-41,65H. The molecule has 2 nitrogen and oxygen atoms in total. The lowest BCUT2D eigenvalue weighted by Gasteiger charge is -2.28. The van der Waals surface area contributed by atoms with E-state index in [1.54, 1.807) is 0 Å². The maximum atomic E-state index is 3.73. The number of nitrogens with one attached hydrogen (secondary N) is 1. The Balaban J connectivity index is 1.01. The van der Waals surface area contributed by atoms with E-state index in [1.807, 2.05) is 0 Å². The molecule has 0 radical (unpaired) electrons. The van der Waals surface area contributed by atoms with Gasteiger partial charge in [-0.25, -0.2) is 0 Å². The molecule has 0 aliphatic carbocycles. The molecule has 0 spiro atoms. The van der Waals surface area contributed by atoms with Gasteiger partial charge in [-0.3, -0.25) is 0 Å². The van der Waals surface area contributed by atoms with Crippen molar-refractivity contribution >= 4 is 82.0 Å². The molecule has 0 atom stereocenters. The van der Waals surface area contributed by atoms with E-state index in [1.165, 1.54) is 92.8 Å². The van der Waals surface area contributed by atoms with Crippen LogP contribution in [0.15, 0.2) is 249 Å². The van der Waals surface area contributed by atoms with Gasteiger partial charge in [-0.2, -0.15) is 0 Å². The number of aromatic nitrogens is 1. The zero-order valence-corrected chi connectivity index (χ0v) is 36.1. The maximum absolute atomic E-state index is 3.73. The Morgan fingerprint density at radius 3 is 1.56 bits per heavy atom. The first-order valence-electron chi connectivity index (χ1n) is 22.8. The number of nitrogens with zero attached hydrogens (tertiary/aromatic N) is 1. The minimum atomic E-state index is 1.09. The van der Waals surface area contributed by atoms with Gasteiger partial charge in [0.1, 0.15) is 0 Å². The van der Waals surface area contributed by atoms with Gasteiger partial charge in [-0.1, -0.05) is 206 Å². The van der Waals surface area contributed by atoms with Crippen LogP contribution in [0.2, 0.25) is 0 Å². The van der Waals surface area contributed by atoms with Gasteiger partial charge < -0.3 is 9.88 Å². The summed E-state index contributed by atoms with van der Waals surface area (Å²) in [6, 6.07) is 91.1. The Hall–Kier alpha value is -8.72. The summed E-state index contributed by atoms with van der Waals surface area (Å²) >= 11 is 0. The highest BCUT2D eigenvalue weighted by Crippen LogP contribution is 2.47. The Bertz CT molecular complexity index is 3980. The van der Waals surface area contributed by atoms with Crippen molar-refractivity contribution in [2.75, 3.05) is 4.90 Å². The first-order valence-corrected chi connectivity index (χ1v) is 22.8. The van der Waals surface area contributed by atoms with E-state index in [4.69, 9.17) is 0 Å². The number of H-pyrrole nitrogens is 1. The quantitative estimate of drug-likeness (QED) is 0.158. The van der Waals surface area contributed by atoms with Gasteiger partial charge in [-0.15, -0.1) is 0 Å². The molecule has 12 aromatic carbocycles. The topological polar surface area (TPSA) is 19.0 Å². The van der Waals surface area contributed by atoms with E-state index < -0.39 is 0 Å². The molecule has 2 heteroatoms. The molecule has 13 rings (SSSR count). The first-order chi connectivity index (χ1) is 32.7. The Morgan fingerprint density at radius 1 is 0.273 bits per heavy atom. The molecule has 0 amide bonds. The van der Waals surface area contributed by atoms with Gasteiger partial charge in [0.25, 0.3) is 0 Å². The summed E-state index contributed by atoms with van der Waals surface area (Å²) in [5, 5.41) is 12.4. The van der Waals surface area contributed by atoms with Crippen LogP contribution in [-0.2, 0) is 0 Å². The molecule has 308 valence electrons. The van der Waals surface area contributed by atoms with Gasteiger partial charge in [0, 0.05) is 38.6 Å². The van der Waals surface area contributed by atoms with Crippen LogP contribution in [0, 0.1) is 0 Å². The Kier molecular flexibility index (Phi) is 8.89. The number of benzene rings is 12. The zero-order valence-electron chi connectivity index (χ0n) is 36.1. The van der Waals surface area contributed by atoms with Crippen LogP contribution in [0.5, 0.6) is 0 Å². The van der Waals surface area contributed by atoms with E-state index in [9.17, 15) is 0 Å².